The number of nitrogens with zero attached hydrogens (tertiary/aromatic N) is 1. The van der Waals surface area contributed by atoms with Gasteiger partial charge in [0.25, 0.3) is 0 Å². The number of rotatable bonds is 1. The molecule has 0 aliphatic rings. The lowest BCUT2D eigenvalue weighted by atomic mass is 9.96. The second-order valence-electron chi connectivity index (χ2n) is 3.78. The highest BCUT2D eigenvalue weighted by Gasteiger charge is 2.33. The molecule has 0 fully saturated rings. The van der Waals surface area contributed by atoms with Gasteiger partial charge in [-0.05, 0) is 19.9 Å². The fraction of sp³-hybridized carbons (Fsp3) is 0.444. The van der Waals surface area contributed by atoms with Crippen molar-refractivity contribution < 1.29 is 13.2 Å². The molecule has 6 heteroatoms. The number of alkyl halides is 3. The minimum atomic E-state index is -4.43. The van der Waals surface area contributed by atoms with E-state index >= 15 is 0 Å². The summed E-state index contributed by atoms with van der Waals surface area (Å²) in [6.07, 6.45) is -3.74. The van der Waals surface area contributed by atoms with Crippen LogP contribution in [-0.2, 0) is 11.7 Å². The van der Waals surface area contributed by atoms with Crippen LogP contribution in [0.2, 0.25) is 5.15 Å². The second-order valence-corrected chi connectivity index (χ2v) is 4.14. The first kappa shape index (κ1) is 12.3. The molecule has 0 aliphatic carbocycles. The summed E-state index contributed by atoms with van der Waals surface area (Å²) < 4.78 is 37.1. The monoisotopic (exact) mass is 238 g/mol. The lowest BCUT2D eigenvalue weighted by Crippen LogP contribution is -2.29. The Balaban J connectivity index is 3.30. The van der Waals surface area contributed by atoms with Crippen molar-refractivity contribution in [2.45, 2.75) is 25.6 Å². The lowest BCUT2D eigenvalue weighted by Gasteiger charge is -2.21. The van der Waals surface area contributed by atoms with Gasteiger partial charge in [0.15, 0.2) is 0 Å². The Morgan fingerprint density at radius 2 is 1.87 bits per heavy atom. The molecule has 1 rings (SSSR count). The lowest BCUT2D eigenvalue weighted by molar-refractivity contribution is -0.137. The number of pyridine rings is 1. The van der Waals surface area contributed by atoms with Crippen molar-refractivity contribution in [1.82, 2.24) is 4.98 Å². The molecule has 0 unspecified atom stereocenters. The van der Waals surface area contributed by atoms with Gasteiger partial charge in [-0.25, -0.2) is 4.98 Å². The van der Waals surface area contributed by atoms with Gasteiger partial charge >= 0.3 is 6.18 Å². The van der Waals surface area contributed by atoms with Gasteiger partial charge in [0.2, 0.25) is 0 Å². The van der Waals surface area contributed by atoms with E-state index < -0.39 is 17.3 Å². The van der Waals surface area contributed by atoms with E-state index in [4.69, 9.17) is 17.3 Å². The Morgan fingerprint density at radius 3 is 2.27 bits per heavy atom. The summed E-state index contributed by atoms with van der Waals surface area (Å²) in [6, 6.07) is 0.926. The van der Waals surface area contributed by atoms with Crippen LogP contribution in [0.4, 0.5) is 13.2 Å². The zero-order valence-corrected chi connectivity index (χ0v) is 8.95. The molecular weight excluding hydrogens is 229 g/mol. The summed E-state index contributed by atoms with van der Waals surface area (Å²) >= 11 is 5.67. The van der Waals surface area contributed by atoms with Crippen LogP contribution >= 0.6 is 11.6 Å². The molecule has 84 valence electrons. The minimum Gasteiger partial charge on any atom is -0.322 e. The van der Waals surface area contributed by atoms with E-state index in [-0.39, 0.29) is 10.7 Å². The van der Waals surface area contributed by atoms with E-state index in [0.29, 0.717) is 6.20 Å². The van der Waals surface area contributed by atoms with Crippen molar-refractivity contribution in [3.63, 3.8) is 0 Å². The predicted molar refractivity (Wildman–Crippen MR) is 51.5 cm³/mol. The predicted octanol–water partition coefficient (Wildman–Crippen LogP) is 2.95. The van der Waals surface area contributed by atoms with Crippen molar-refractivity contribution in [3.8, 4) is 0 Å². The van der Waals surface area contributed by atoms with Crippen LogP contribution in [-0.4, -0.2) is 4.98 Å². The Morgan fingerprint density at radius 1 is 1.33 bits per heavy atom. The topological polar surface area (TPSA) is 38.9 Å². The quantitative estimate of drug-likeness (QED) is 0.764. The summed E-state index contributed by atoms with van der Waals surface area (Å²) in [4.78, 5) is 3.48. The average Bonchev–Trinajstić information content (AvgIpc) is 2.00. The van der Waals surface area contributed by atoms with Crippen molar-refractivity contribution in [2.24, 2.45) is 5.73 Å². The highest BCUT2D eigenvalue weighted by molar-refractivity contribution is 6.30. The van der Waals surface area contributed by atoms with Crippen molar-refractivity contribution in [3.05, 3.63) is 28.5 Å². The number of halogens is 4. The van der Waals surface area contributed by atoms with E-state index in [9.17, 15) is 13.2 Å². The Labute approximate surface area is 90.3 Å². The van der Waals surface area contributed by atoms with Crippen LogP contribution in [0.15, 0.2) is 12.3 Å². The van der Waals surface area contributed by atoms with E-state index in [1.54, 1.807) is 13.8 Å². The molecule has 0 bridgehead atoms. The molecular formula is C9H10ClF3N2. The molecule has 0 amide bonds. The zero-order valence-electron chi connectivity index (χ0n) is 8.19. The van der Waals surface area contributed by atoms with Crippen LogP contribution in [0.1, 0.15) is 25.0 Å². The Bertz CT molecular complexity index is 369. The third-order valence-electron chi connectivity index (χ3n) is 1.86. The summed E-state index contributed by atoms with van der Waals surface area (Å²) in [5.41, 5.74) is 4.06. The second kappa shape index (κ2) is 3.64. The highest BCUT2D eigenvalue weighted by Crippen LogP contribution is 2.33. The van der Waals surface area contributed by atoms with Gasteiger partial charge < -0.3 is 5.73 Å². The van der Waals surface area contributed by atoms with Crippen LogP contribution in [0, 0.1) is 0 Å². The van der Waals surface area contributed by atoms with Gasteiger partial charge in [-0.2, -0.15) is 13.2 Å². The van der Waals surface area contributed by atoms with Gasteiger partial charge in [0.1, 0.15) is 5.15 Å². The zero-order chi connectivity index (χ0) is 11.9. The summed E-state index contributed by atoms with van der Waals surface area (Å²) in [5.74, 6) is 0. The van der Waals surface area contributed by atoms with Crippen molar-refractivity contribution in [2.75, 3.05) is 0 Å². The first-order valence-corrected chi connectivity index (χ1v) is 4.52. The molecule has 1 aromatic heterocycles. The highest BCUT2D eigenvalue weighted by atomic mass is 35.5. The van der Waals surface area contributed by atoms with Crippen LogP contribution in [0.25, 0.3) is 0 Å². The smallest absolute Gasteiger partial charge is 0.322 e. The summed E-state index contributed by atoms with van der Waals surface area (Å²) in [5, 5.41) is -0.00417. The van der Waals surface area contributed by atoms with Gasteiger partial charge in [-0.15, -0.1) is 0 Å². The molecule has 0 aromatic carbocycles. The van der Waals surface area contributed by atoms with Crippen LogP contribution in [0.3, 0.4) is 0 Å². The van der Waals surface area contributed by atoms with Gasteiger partial charge in [0, 0.05) is 17.3 Å². The summed E-state index contributed by atoms with van der Waals surface area (Å²) in [7, 11) is 0. The van der Waals surface area contributed by atoms with Crippen LogP contribution in [0.5, 0.6) is 0 Å². The third-order valence-corrected chi connectivity index (χ3v) is 2.16. The fourth-order valence-corrected chi connectivity index (χ4v) is 1.40. The van der Waals surface area contributed by atoms with Crippen molar-refractivity contribution >= 4 is 11.6 Å². The van der Waals surface area contributed by atoms with Crippen molar-refractivity contribution in [1.29, 1.82) is 0 Å². The average molecular weight is 239 g/mol. The van der Waals surface area contributed by atoms with E-state index in [0.717, 1.165) is 6.07 Å². The SMILES string of the molecule is CC(C)(N)c1cc(C(F)(F)F)cnc1Cl. The number of nitrogens with two attached hydrogens (primary N) is 1. The molecule has 2 N–H and O–H groups in total. The number of aromatic nitrogens is 1. The van der Waals surface area contributed by atoms with Gasteiger partial charge in [-0.1, -0.05) is 11.6 Å². The molecule has 0 atom stereocenters. The van der Waals surface area contributed by atoms with Gasteiger partial charge in [-0.3, -0.25) is 0 Å². The maximum atomic E-state index is 12.4. The largest absolute Gasteiger partial charge is 0.417 e. The molecule has 0 saturated carbocycles. The fourth-order valence-electron chi connectivity index (χ4n) is 1.05. The first-order chi connectivity index (χ1) is 6.62. The first-order valence-electron chi connectivity index (χ1n) is 4.14. The molecule has 1 aromatic rings. The minimum absolute atomic E-state index is 0.00417. The normalized spacial score (nSPS) is 13.0. The van der Waals surface area contributed by atoms with E-state index in [2.05, 4.69) is 4.98 Å². The van der Waals surface area contributed by atoms with E-state index in [1.807, 2.05) is 0 Å². The molecule has 15 heavy (non-hydrogen) atoms. The Kier molecular flexibility index (Phi) is 2.98. The van der Waals surface area contributed by atoms with Crippen LogP contribution < -0.4 is 5.73 Å². The molecule has 1 heterocycles. The molecule has 0 saturated heterocycles. The number of hydrogen-bond acceptors (Lipinski definition) is 2. The summed E-state index contributed by atoms with van der Waals surface area (Å²) in [6.45, 7) is 3.13. The maximum absolute atomic E-state index is 12.4. The Hall–Kier alpha value is -0.810. The third kappa shape index (κ3) is 2.82. The molecule has 0 spiro atoms. The molecule has 0 aliphatic heterocycles. The number of hydrogen-bond donors (Lipinski definition) is 1. The maximum Gasteiger partial charge on any atom is 0.417 e. The standard InChI is InChI=1S/C9H10ClF3N2/c1-8(2,14)6-3-5(9(11,12)13)4-15-7(6)10/h3-4H,14H2,1-2H3. The van der Waals surface area contributed by atoms with E-state index in [1.165, 1.54) is 0 Å². The molecule has 0 radical (unpaired) electrons. The molecule has 2 nitrogen and oxygen atoms in total. The van der Waals surface area contributed by atoms with Gasteiger partial charge in [0.05, 0.1) is 5.56 Å².